The zero-order valence-electron chi connectivity index (χ0n) is 14.3. The molecule has 1 saturated heterocycles. The van der Waals surface area contributed by atoms with E-state index < -0.39 is 0 Å². The zero-order chi connectivity index (χ0) is 16.8. The number of β-amino-alcohol motifs (C(OH)–C–C–N with tert-alkyl or cyclic N) is 1. The highest BCUT2D eigenvalue weighted by molar-refractivity contribution is 7.15. The summed E-state index contributed by atoms with van der Waals surface area (Å²) in [7, 11) is 0. The first-order valence-electron chi connectivity index (χ1n) is 8.82. The molecule has 2 aromatic rings. The zero-order valence-corrected chi connectivity index (χ0v) is 15.1. The van der Waals surface area contributed by atoms with E-state index in [2.05, 4.69) is 39.5 Å². The Balaban J connectivity index is 1.39. The lowest BCUT2D eigenvalue weighted by molar-refractivity contribution is 0.0998. The van der Waals surface area contributed by atoms with Gasteiger partial charge in [-0.25, -0.2) is 4.98 Å². The number of benzene rings is 1. The normalized spacial score (nSPS) is 17.9. The molecular weight excluding hydrogens is 318 g/mol. The molecule has 0 spiro atoms. The summed E-state index contributed by atoms with van der Waals surface area (Å²) < 4.78 is 0. The third-order valence-electron chi connectivity index (χ3n) is 4.54. The van der Waals surface area contributed by atoms with Crippen LogP contribution in [0.25, 0.3) is 10.6 Å². The number of hydrogen-bond acceptors (Lipinski definition) is 5. The average Bonchev–Trinajstić information content (AvgIpc) is 3.06. The van der Waals surface area contributed by atoms with Crippen molar-refractivity contribution in [2.75, 3.05) is 26.2 Å². The van der Waals surface area contributed by atoms with Gasteiger partial charge in [0.15, 0.2) is 0 Å². The van der Waals surface area contributed by atoms with Crippen molar-refractivity contribution in [3.8, 4) is 10.6 Å². The minimum atomic E-state index is -0.218. The van der Waals surface area contributed by atoms with Crippen molar-refractivity contribution < 1.29 is 5.11 Å². The summed E-state index contributed by atoms with van der Waals surface area (Å²) in [4.78, 5) is 8.20. The van der Waals surface area contributed by atoms with E-state index in [4.69, 9.17) is 0 Å². The topological polar surface area (TPSA) is 48.4 Å². The van der Waals surface area contributed by atoms with Crippen LogP contribution in [0.2, 0.25) is 0 Å². The number of piperidine rings is 1. The Kier molecular flexibility index (Phi) is 6.37. The van der Waals surface area contributed by atoms with Crippen LogP contribution in [0.15, 0.2) is 36.5 Å². The van der Waals surface area contributed by atoms with Crippen LogP contribution in [0.4, 0.5) is 0 Å². The summed E-state index contributed by atoms with van der Waals surface area (Å²) in [6.07, 6.45) is 4.21. The summed E-state index contributed by atoms with van der Waals surface area (Å²) in [6, 6.07) is 10.4. The highest BCUT2D eigenvalue weighted by Gasteiger charge is 2.19. The molecule has 0 saturated carbocycles. The van der Waals surface area contributed by atoms with Crippen molar-refractivity contribution in [3.63, 3.8) is 0 Å². The van der Waals surface area contributed by atoms with Crippen molar-refractivity contribution in [2.45, 2.75) is 32.4 Å². The number of likely N-dealkylation sites (tertiary alicyclic amines) is 1. The van der Waals surface area contributed by atoms with E-state index in [0.717, 1.165) is 43.6 Å². The van der Waals surface area contributed by atoms with E-state index in [1.54, 1.807) is 11.3 Å². The minimum Gasteiger partial charge on any atom is -0.392 e. The monoisotopic (exact) mass is 345 g/mol. The van der Waals surface area contributed by atoms with E-state index in [1.807, 2.05) is 19.2 Å². The molecule has 1 atom stereocenters. The molecule has 1 aromatic carbocycles. The van der Waals surface area contributed by atoms with Crippen LogP contribution >= 0.6 is 11.3 Å². The molecule has 5 heteroatoms. The Morgan fingerprint density at radius 2 is 2.04 bits per heavy atom. The second kappa shape index (κ2) is 8.72. The van der Waals surface area contributed by atoms with Crippen molar-refractivity contribution in [1.29, 1.82) is 0 Å². The molecule has 4 nitrogen and oxygen atoms in total. The van der Waals surface area contributed by atoms with Gasteiger partial charge in [-0.2, -0.15) is 0 Å². The quantitative estimate of drug-likeness (QED) is 0.810. The molecule has 130 valence electrons. The number of aliphatic hydroxyl groups is 1. The van der Waals surface area contributed by atoms with Crippen LogP contribution in [-0.2, 0) is 6.54 Å². The second-order valence-corrected chi connectivity index (χ2v) is 7.84. The molecule has 0 aliphatic carbocycles. The molecular formula is C19H27N3OS. The molecule has 0 bridgehead atoms. The number of rotatable bonds is 7. The first-order chi connectivity index (χ1) is 11.7. The van der Waals surface area contributed by atoms with Crippen LogP contribution < -0.4 is 5.32 Å². The fourth-order valence-electron chi connectivity index (χ4n) is 3.25. The predicted octanol–water partition coefficient (Wildman–Crippen LogP) is 2.99. The van der Waals surface area contributed by atoms with Gasteiger partial charge in [-0.15, -0.1) is 11.3 Å². The number of aromatic nitrogens is 1. The smallest absolute Gasteiger partial charge is 0.123 e. The Labute approximate surface area is 148 Å². The molecule has 0 amide bonds. The lowest BCUT2D eigenvalue weighted by Crippen LogP contribution is -2.40. The van der Waals surface area contributed by atoms with Gasteiger partial charge in [-0.1, -0.05) is 30.3 Å². The standard InChI is InChI=1S/C19H27N3OS/c1-15(23)14-22-9-7-16(8-10-22)11-20-12-18-13-21-19(24-18)17-5-3-2-4-6-17/h2-6,13,15-16,20,23H,7-12,14H2,1H3/t15-/m0/s1. The highest BCUT2D eigenvalue weighted by atomic mass is 32.1. The van der Waals surface area contributed by atoms with E-state index >= 15 is 0 Å². The molecule has 0 radical (unpaired) electrons. The van der Waals surface area contributed by atoms with Gasteiger partial charge in [-0.05, 0) is 45.3 Å². The Morgan fingerprint density at radius 1 is 1.29 bits per heavy atom. The fraction of sp³-hybridized carbons (Fsp3) is 0.526. The van der Waals surface area contributed by atoms with Crippen LogP contribution in [0, 0.1) is 5.92 Å². The average molecular weight is 346 g/mol. The molecule has 24 heavy (non-hydrogen) atoms. The minimum absolute atomic E-state index is 0.218. The molecule has 1 aliphatic rings. The summed E-state index contributed by atoms with van der Waals surface area (Å²) in [5.41, 5.74) is 1.19. The second-order valence-electron chi connectivity index (χ2n) is 6.72. The van der Waals surface area contributed by atoms with Crippen molar-refractivity contribution >= 4 is 11.3 Å². The van der Waals surface area contributed by atoms with Crippen molar-refractivity contribution in [2.24, 2.45) is 5.92 Å². The molecule has 1 aromatic heterocycles. The van der Waals surface area contributed by atoms with Gasteiger partial charge in [0.2, 0.25) is 0 Å². The van der Waals surface area contributed by atoms with E-state index in [0.29, 0.717) is 0 Å². The number of hydrogen-bond donors (Lipinski definition) is 2. The van der Waals surface area contributed by atoms with Gasteiger partial charge < -0.3 is 15.3 Å². The highest BCUT2D eigenvalue weighted by Crippen LogP contribution is 2.24. The van der Waals surface area contributed by atoms with Gasteiger partial charge >= 0.3 is 0 Å². The van der Waals surface area contributed by atoms with Crippen LogP contribution in [0.1, 0.15) is 24.6 Å². The van der Waals surface area contributed by atoms with E-state index in [9.17, 15) is 5.11 Å². The summed E-state index contributed by atoms with van der Waals surface area (Å²) in [5, 5.41) is 14.2. The SMILES string of the molecule is C[C@H](O)CN1CCC(CNCc2cnc(-c3ccccc3)s2)CC1. The molecule has 2 heterocycles. The van der Waals surface area contributed by atoms with Gasteiger partial charge in [0.25, 0.3) is 0 Å². The predicted molar refractivity (Wildman–Crippen MR) is 100 cm³/mol. The number of nitrogens with zero attached hydrogens (tertiary/aromatic N) is 2. The Morgan fingerprint density at radius 3 is 2.75 bits per heavy atom. The van der Waals surface area contributed by atoms with Crippen molar-refractivity contribution in [3.05, 3.63) is 41.4 Å². The first kappa shape index (κ1) is 17.5. The Hall–Kier alpha value is -1.27. The molecule has 0 unspecified atom stereocenters. The molecule has 3 rings (SSSR count). The number of thiazole rings is 1. The van der Waals surface area contributed by atoms with Crippen LogP contribution in [-0.4, -0.2) is 47.3 Å². The lowest BCUT2D eigenvalue weighted by Gasteiger charge is -2.32. The summed E-state index contributed by atoms with van der Waals surface area (Å²) in [6.45, 7) is 6.86. The Bertz CT molecular complexity index is 606. The summed E-state index contributed by atoms with van der Waals surface area (Å²) in [5.74, 6) is 0.747. The first-order valence-corrected chi connectivity index (χ1v) is 9.63. The molecule has 1 fully saturated rings. The van der Waals surface area contributed by atoms with Crippen LogP contribution in [0.3, 0.4) is 0 Å². The largest absolute Gasteiger partial charge is 0.392 e. The summed E-state index contributed by atoms with van der Waals surface area (Å²) >= 11 is 1.77. The van der Waals surface area contributed by atoms with Gasteiger partial charge in [-0.3, -0.25) is 0 Å². The van der Waals surface area contributed by atoms with Gasteiger partial charge in [0, 0.05) is 29.7 Å². The third kappa shape index (κ3) is 5.11. The molecule has 2 N–H and O–H groups in total. The fourth-order valence-corrected chi connectivity index (χ4v) is 4.14. The maximum Gasteiger partial charge on any atom is 0.123 e. The van der Waals surface area contributed by atoms with Gasteiger partial charge in [0.1, 0.15) is 5.01 Å². The van der Waals surface area contributed by atoms with Crippen molar-refractivity contribution in [1.82, 2.24) is 15.2 Å². The number of aliphatic hydroxyl groups excluding tert-OH is 1. The molecule has 1 aliphatic heterocycles. The van der Waals surface area contributed by atoms with E-state index in [1.165, 1.54) is 23.3 Å². The van der Waals surface area contributed by atoms with E-state index in [-0.39, 0.29) is 6.10 Å². The third-order valence-corrected chi connectivity index (χ3v) is 5.58. The maximum absolute atomic E-state index is 9.46. The lowest BCUT2D eigenvalue weighted by atomic mass is 9.96. The van der Waals surface area contributed by atoms with Gasteiger partial charge in [0.05, 0.1) is 6.10 Å². The number of nitrogens with one attached hydrogen (secondary N) is 1. The maximum atomic E-state index is 9.46. The van der Waals surface area contributed by atoms with Crippen LogP contribution in [0.5, 0.6) is 0 Å².